The van der Waals surface area contributed by atoms with Gasteiger partial charge in [0.05, 0.1) is 4.92 Å². The molecule has 150 valence electrons. The molecule has 4 rings (SSSR count). The molecule has 0 fully saturated rings. The third-order valence-corrected chi connectivity index (χ3v) is 4.71. The number of fused-ring (bicyclic) bond motifs is 1. The Labute approximate surface area is 178 Å². The van der Waals surface area contributed by atoms with E-state index in [0.29, 0.717) is 22.7 Å². The molecule has 30 heavy (non-hydrogen) atoms. The summed E-state index contributed by atoms with van der Waals surface area (Å²) in [5.74, 6) is 0.0496. The van der Waals surface area contributed by atoms with Crippen LogP contribution in [0.4, 0.5) is 11.4 Å². The van der Waals surface area contributed by atoms with Gasteiger partial charge in [0, 0.05) is 21.8 Å². The van der Waals surface area contributed by atoms with Gasteiger partial charge in [-0.3, -0.25) is 14.9 Å². The number of nitro groups is 1. The van der Waals surface area contributed by atoms with Gasteiger partial charge in [-0.25, -0.2) is 4.98 Å². The van der Waals surface area contributed by atoms with Gasteiger partial charge in [-0.1, -0.05) is 28.1 Å². The van der Waals surface area contributed by atoms with E-state index in [1.165, 1.54) is 18.2 Å². The Morgan fingerprint density at radius 3 is 2.67 bits per heavy atom. The molecular weight excluding hydrogens is 454 g/mol. The fourth-order valence-corrected chi connectivity index (χ4v) is 3.06. The van der Waals surface area contributed by atoms with Crippen LogP contribution in [0, 0.1) is 10.1 Å². The number of nitrogens with one attached hydrogen (secondary N) is 1. The molecule has 1 aromatic heterocycles. The van der Waals surface area contributed by atoms with Crippen LogP contribution in [0.25, 0.3) is 22.6 Å². The van der Waals surface area contributed by atoms with E-state index in [4.69, 9.17) is 9.15 Å². The number of nitrogens with zero attached hydrogens (tertiary/aromatic N) is 2. The molecule has 4 aromatic rings. The number of rotatable bonds is 6. The highest BCUT2D eigenvalue weighted by Crippen LogP contribution is 2.28. The lowest BCUT2D eigenvalue weighted by Crippen LogP contribution is -2.20. The van der Waals surface area contributed by atoms with Crippen molar-refractivity contribution in [1.82, 2.24) is 4.98 Å². The Balaban J connectivity index is 1.45. The number of benzene rings is 3. The minimum absolute atomic E-state index is 0.0312. The third-order valence-electron chi connectivity index (χ3n) is 4.18. The van der Waals surface area contributed by atoms with Crippen LogP contribution in [0.1, 0.15) is 0 Å². The van der Waals surface area contributed by atoms with E-state index < -0.39 is 10.8 Å². The first-order chi connectivity index (χ1) is 14.5. The van der Waals surface area contributed by atoms with E-state index >= 15 is 0 Å². The van der Waals surface area contributed by atoms with Crippen molar-refractivity contribution in [1.29, 1.82) is 0 Å². The first-order valence-corrected chi connectivity index (χ1v) is 9.61. The van der Waals surface area contributed by atoms with Crippen LogP contribution in [0.15, 0.2) is 75.6 Å². The Kier molecular flexibility index (Phi) is 5.44. The lowest BCUT2D eigenvalue weighted by Gasteiger charge is -2.07. The highest BCUT2D eigenvalue weighted by atomic mass is 79.9. The fraction of sp³-hybridized carbons (Fsp3) is 0.0476. The molecule has 3 aromatic carbocycles. The largest absolute Gasteiger partial charge is 0.477 e. The van der Waals surface area contributed by atoms with E-state index in [0.717, 1.165) is 10.0 Å². The topological polar surface area (TPSA) is 108 Å². The summed E-state index contributed by atoms with van der Waals surface area (Å²) in [6, 6.07) is 18.5. The van der Waals surface area contributed by atoms with Gasteiger partial charge >= 0.3 is 5.69 Å². The maximum absolute atomic E-state index is 12.2. The van der Waals surface area contributed by atoms with Crippen molar-refractivity contribution in [2.45, 2.75) is 0 Å². The van der Waals surface area contributed by atoms with Gasteiger partial charge < -0.3 is 14.5 Å². The number of hydrogen-bond donors (Lipinski definition) is 1. The summed E-state index contributed by atoms with van der Waals surface area (Å²) in [7, 11) is 0. The average Bonchev–Trinajstić information content (AvgIpc) is 3.16. The van der Waals surface area contributed by atoms with Gasteiger partial charge in [0.2, 0.25) is 5.89 Å². The molecule has 0 unspecified atom stereocenters. The molecule has 9 heteroatoms. The summed E-state index contributed by atoms with van der Waals surface area (Å²) in [5, 5.41) is 13.7. The minimum atomic E-state index is -0.561. The number of anilines is 1. The summed E-state index contributed by atoms with van der Waals surface area (Å²) in [5.41, 5.74) is 2.31. The van der Waals surface area contributed by atoms with Crippen LogP contribution >= 0.6 is 15.9 Å². The van der Waals surface area contributed by atoms with E-state index in [1.54, 1.807) is 24.3 Å². The number of hydrogen-bond acceptors (Lipinski definition) is 6. The quantitative estimate of drug-likeness (QED) is 0.309. The van der Waals surface area contributed by atoms with Gasteiger partial charge in [-0.15, -0.1) is 0 Å². The number of carbonyl (C=O) groups excluding carboxylic acids is 1. The molecule has 8 nitrogen and oxygen atoms in total. The molecule has 1 amide bonds. The number of carbonyl (C=O) groups is 1. The molecule has 0 aliphatic heterocycles. The highest BCUT2D eigenvalue weighted by Gasteiger charge is 2.15. The van der Waals surface area contributed by atoms with Crippen molar-refractivity contribution in [3.05, 3.63) is 81.3 Å². The zero-order valence-electron chi connectivity index (χ0n) is 15.4. The van der Waals surface area contributed by atoms with E-state index in [-0.39, 0.29) is 18.0 Å². The van der Waals surface area contributed by atoms with Gasteiger partial charge in [-0.2, -0.15) is 0 Å². The van der Waals surface area contributed by atoms with Crippen LogP contribution in [-0.4, -0.2) is 22.4 Å². The summed E-state index contributed by atoms with van der Waals surface area (Å²) in [4.78, 5) is 27.1. The number of ether oxygens (including phenoxy) is 1. The first-order valence-electron chi connectivity index (χ1n) is 8.82. The SMILES string of the molecule is O=C(COc1ccccc1[N+](=O)[O-])Nc1ccc2oc(-c3ccc(Br)cc3)nc2c1. The highest BCUT2D eigenvalue weighted by molar-refractivity contribution is 9.10. The number of oxazole rings is 1. The monoisotopic (exact) mass is 467 g/mol. The predicted octanol–water partition coefficient (Wildman–Crippen LogP) is 5.18. The Morgan fingerprint density at radius 1 is 1.13 bits per heavy atom. The summed E-state index contributed by atoms with van der Waals surface area (Å²) >= 11 is 3.39. The molecule has 0 saturated carbocycles. The Hall–Kier alpha value is -3.72. The normalized spacial score (nSPS) is 10.7. The third kappa shape index (κ3) is 4.31. The Bertz CT molecular complexity index is 1240. The fourth-order valence-electron chi connectivity index (χ4n) is 2.79. The number of halogens is 1. The standard InChI is InChI=1S/C21H14BrN3O5/c22-14-7-5-13(6-8-14)21-24-16-11-15(9-10-18(16)30-21)23-20(26)12-29-19-4-2-1-3-17(19)25(27)28/h1-11H,12H2,(H,23,26). The van der Waals surface area contributed by atoms with Gasteiger partial charge in [0.15, 0.2) is 17.9 Å². The molecule has 0 bridgehead atoms. The number of aromatic nitrogens is 1. The second-order valence-electron chi connectivity index (χ2n) is 6.27. The molecular formula is C21H14BrN3O5. The molecule has 0 aliphatic rings. The molecule has 0 aliphatic carbocycles. The van der Waals surface area contributed by atoms with Crippen molar-refractivity contribution < 1.29 is 18.9 Å². The van der Waals surface area contributed by atoms with E-state index in [2.05, 4.69) is 26.2 Å². The molecule has 0 spiro atoms. The second kappa shape index (κ2) is 8.34. The zero-order valence-corrected chi connectivity index (χ0v) is 17.0. The van der Waals surface area contributed by atoms with E-state index in [9.17, 15) is 14.9 Å². The van der Waals surface area contributed by atoms with Crippen LogP contribution in [0.3, 0.4) is 0 Å². The van der Waals surface area contributed by atoms with Gasteiger partial charge in [-0.05, 0) is 48.5 Å². The smallest absolute Gasteiger partial charge is 0.310 e. The van der Waals surface area contributed by atoms with Gasteiger partial charge in [0.1, 0.15) is 5.52 Å². The predicted molar refractivity (Wildman–Crippen MR) is 114 cm³/mol. The molecule has 0 saturated heterocycles. The molecule has 1 N–H and O–H groups in total. The lowest BCUT2D eigenvalue weighted by molar-refractivity contribution is -0.385. The summed E-state index contributed by atoms with van der Waals surface area (Å²) in [6.07, 6.45) is 0. The minimum Gasteiger partial charge on any atom is -0.477 e. The Morgan fingerprint density at radius 2 is 1.90 bits per heavy atom. The van der Waals surface area contributed by atoms with Crippen molar-refractivity contribution in [3.8, 4) is 17.2 Å². The van der Waals surface area contributed by atoms with Crippen molar-refractivity contribution in [3.63, 3.8) is 0 Å². The summed E-state index contributed by atoms with van der Waals surface area (Å²) < 4.78 is 12.0. The number of nitro benzene ring substituents is 1. The molecule has 0 atom stereocenters. The average molecular weight is 468 g/mol. The van der Waals surface area contributed by atoms with Gasteiger partial charge in [0.25, 0.3) is 5.91 Å². The second-order valence-corrected chi connectivity index (χ2v) is 7.19. The maximum Gasteiger partial charge on any atom is 0.310 e. The molecule has 1 heterocycles. The number of para-hydroxylation sites is 2. The van der Waals surface area contributed by atoms with Crippen molar-refractivity contribution in [2.24, 2.45) is 0 Å². The van der Waals surface area contributed by atoms with Crippen molar-refractivity contribution in [2.75, 3.05) is 11.9 Å². The molecule has 0 radical (unpaired) electrons. The van der Waals surface area contributed by atoms with E-state index in [1.807, 2.05) is 24.3 Å². The van der Waals surface area contributed by atoms with Crippen LogP contribution in [-0.2, 0) is 4.79 Å². The lowest BCUT2D eigenvalue weighted by atomic mass is 10.2. The summed E-state index contributed by atoms with van der Waals surface area (Å²) in [6.45, 7) is -0.369. The van der Waals surface area contributed by atoms with Crippen LogP contribution in [0.2, 0.25) is 0 Å². The zero-order chi connectivity index (χ0) is 21.1. The van der Waals surface area contributed by atoms with Crippen LogP contribution in [0.5, 0.6) is 5.75 Å². The number of amides is 1. The maximum atomic E-state index is 12.2. The van der Waals surface area contributed by atoms with Crippen LogP contribution < -0.4 is 10.1 Å². The first kappa shape index (κ1) is 19.6. The van der Waals surface area contributed by atoms with Crippen molar-refractivity contribution >= 4 is 44.3 Å².